The fourth-order valence-electron chi connectivity index (χ4n) is 3.48. The van der Waals surface area contributed by atoms with E-state index in [1.165, 1.54) is 49.5 Å². The summed E-state index contributed by atoms with van der Waals surface area (Å²) in [5, 5.41) is 5.27. The van der Waals surface area contributed by atoms with Gasteiger partial charge in [-0.25, -0.2) is 30.7 Å². The minimum atomic E-state index is -4.29. The highest BCUT2D eigenvalue weighted by molar-refractivity contribution is 7.90. The number of sulfonamides is 2. The van der Waals surface area contributed by atoms with Gasteiger partial charge in [-0.3, -0.25) is 4.79 Å². The van der Waals surface area contributed by atoms with E-state index in [9.17, 15) is 26.4 Å². The van der Waals surface area contributed by atoms with Crippen LogP contribution in [-0.2, 0) is 33.1 Å². The Hall–Kier alpha value is -3.74. The predicted molar refractivity (Wildman–Crippen MR) is 128 cm³/mol. The van der Waals surface area contributed by atoms with Gasteiger partial charge in [0.05, 0.1) is 17.1 Å². The molecular weight excluding hydrogens is 492 g/mol. The summed E-state index contributed by atoms with van der Waals surface area (Å²) in [5.41, 5.74) is 1.49. The maximum atomic E-state index is 13.3. The lowest BCUT2D eigenvalue weighted by Crippen LogP contribution is -2.43. The Morgan fingerprint density at radius 1 is 0.971 bits per heavy atom. The van der Waals surface area contributed by atoms with E-state index < -0.39 is 32.0 Å². The molecule has 182 valence electrons. The molecule has 0 fully saturated rings. The molecule has 0 saturated carbocycles. The van der Waals surface area contributed by atoms with Gasteiger partial charge >= 0.3 is 6.03 Å². The van der Waals surface area contributed by atoms with Gasteiger partial charge in [0.2, 0.25) is 10.0 Å². The van der Waals surface area contributed by atoms with Crippen LogP contribution in [-0.4, -0.2) is 40.1 Å². The number of benzene rings is 3. The smallest absolute Gasteiger partial charge is 0.336 e. The predicted octanol–water partition coefficient (Wildman–Crippen LogP) is 2.26. The Bertz CT molecular complexity index is 1490. The summed E-state index contributed by atoms with van der Waals surface area (Å²) in [6.07, 6.45) is 0. The van der Waals surface area contributed by atoms with Gasteiger partial charge in [0.25, 0.3) is 15.9 Å². The molecule has 3 aromatic rings. The first kappa shape index (κ1) is 24.4. The van der Waals surface area contributed by atoms with Crippen LogP contribution >= 0.6 is 0 Å². The zero-order valence-corrected chi connectivity index (χ0v) is 20.2. The van der Waals surface area contributed by atoms with Crippen molar-refractivity contribution < 1.29 is 26.4 Å². The molecular formula is C23H22N4O6S2. The monoisotopic (exact) mass is 514 g/mol. The first-order chi connectivity index (χ1) is 16.6. The lowest BCUT2D eigenvalue weighted by atomic mass is 10.1. The summed E-state index contributed by atoms with van der Waals surface area (Å²) in [4.78, 5) is 25.0. The van der Waals surface area contributed by atoms with Crippen LogP contribution in [0.4, 0.5) is 10.5 Å². The Balaban J connectivity index is 1.56. The molecule has 0 saturated heterocycles. The second kappa shape index (κ2) is 9.49. The molecule has 3 aromatic carbocycles. The largest absolute Gasteiger partial charge is 0.348 e. The lowest BCUT2D eigenvalue weighted by molar-refractivity contribution is 0.0950. The van der Waals surface area contributed by atoms with Crippen molar-refractivity contribution in [2.45, 2.75) is 22.9 Å². The summed E-state index contributed by atoms with van der Waals surface area (Å²) in [6, 6.07) is 17.9. The number of nitrogens with zero attached hydrogens (tertiary/aromatic N) is 1. The number of carbonyl (C=O) groups is 2. The third-order valence-electron chi connectivity index (χ3n) is 5.40. The Labute approximate surface area is 203 Å². The van der Waals surface area contributed by atoms with Gasteiger partial charge in [-0.2, -0.15) is 0 Å². The van der Waals surface area contributed by atoms with Crippen LogP contribution in [0.5, 0.6) is 0 Å². The zero-order valence-electron chi connectivity index (χ0n) is 18.6. The molecule has 0 aromatic heterocycles. The standard InChI is InChI=1S/C23H22N4O6S2/c1-24-34(30,31)19-10-7-17(8-11-19)15-27-23(29)26-20-12-9-18(13-21(20)35(27,32)33)22(28)25-14-16-5-3-2-4-6-16/h2-13,24H,14-15H2,1H3,(H,25,28)(H,26,29). The van der Waals surface area contributed by atoms with E-state index in [2.05, 4.69) is 15.4 Å². The van der Waals surface area contributed by atoms with Gasteiger partial charge in [0.15, 0.2) is 0 Å². The third kappa shape index (κ3) is 5.04. The van der Waals surface area contributed by atoms with Crippen LogP contribution in [0.1, 0.15) is 21.5 Å². The molecule has 0 atom stereocenters. The molecule has 0 bridgehead atoms. The number of rotatable bonds is 7. The zero-order chi connectivity index (χ0) is 25.2. The average Bonchev–Trinajstić information content (AvgIpc) is 2.86. The Morgan fingerprint density at radius 2 is 1.66 bits per heavy atom. The van der Waals surface area contributed by atoms with Gasteiger partial charge in [0, 0.05) is 12.1 Å². The molecule has 1 aliphatic heterocycles. The highest BCUT2D eigenvalue weighted by Gasteiger charge is 2.37. The fourth-order valence-corrected chi connectivity index (χ4v) is 5.70. The number of urea groups is 1. The van der Waals surface area contributed by atoms with E-state index in [1.807, 2.05) is 30.3 Å². The van der Waals surface area contributed by atoms with E-state index in [-0.39, 0.29) is 34.1 Å². The maximum absolute atomic E-state index is 13.3. The molecule has 1 heterocycles. The van der Waals surface area contributed by atoms with Crippen molar-refractivity contribution >= 4 is 37.7 Å². The number of anilines is 1. The minimum absolute atomic E-state index is 0.00575. The SMILES string of the molecule is CNS(=O)(=O)c1ccc(CN2C(=O)Nc3ccc(C(=O)NCc4ccccc4)cc3S2(=O)=O)cc1. The highest BCUT2D eigenvalue weighted by atomic mass is 32.2. The molecule has 3 N–H and O–H groups in total. The van der Waals surface area contributed by atoms with E-state index >= 15 is 0 Å². The number of fused-ring (bicyclic) bond motifs is 1. The average molecular weight is 515 g/mol. The first-order valence-corrected chi connectivity index (χ1v) is 13.4. The van der Waals surface area contributed by atoms with Gasteiger partial charge in [-0.1, -0.05) is 42.5 Å². The van der Waals surface area contributed by atoms with Crippen molar-refractivity contribution in [3.05, 3.63) is 89.5 Å². The van der Waals surface area contributed by atoms with Crippen molar-refractivity contribution in [2.24, 2.45) is 0 Å². The number of hydrogen-bond acceptors (Lipinski definition) is 6. The molecule has 1 aliphatic rings. The molecule has 0 unspecified atom stereocenters. The topological polar surface area (TPSA) is 142 Å². The van der Waals surface area contributed by atoms with E-state index in [0.29, 0.717) is 9.87 Å². The lowest BCUT2D eigenvalue weighted by Gasteiger charge is -2.29. The van der Waals surface area contributed by atoms with Gasteiger partial charge in [-0.15, -0.1) is 0 Å². The van der Waals surface area contributed by atoms with Gasteiger partial charge in [0.1, 0.15) is 4.90 Å². The van der Waals surface area contributed by atoms with Crippen LogP contribution in [0.15, 0.2) is 82.6 Å². The van der Waals surface area contributed by atoms with Crippen molar-refractivity contribution in [1.29, 1.82) is 0 Å². The third-order valence-corrected chi connectivity index (χ3v) is 8.60. The number of hydrogen-bond donors (Lipinski definition) is 3. The second-order valence-corrected chi connectivity index (χ2v) is 11.4. The summed E-state index contributed by atoms with van der Waals surface area (Å²) in [5.74, 6) is -0.461. The molecule has 10 nitrogen and oxygen atoms in total. The van der Waals surface area contributed by atoms with Crippen molar-refractivity contribution in [1.82, 2.24) is 14.3 Å². The highest BCUT2D eigenvalue weighted by Crippen LogP contribution is 2.32. The summed E-state index contributed by atoms with van der Waals surface area (Å²) < 4.78 is 53.2. The Kier molecular flexibility index (Phi) is 6.61. The van der Waals surface area contributed by atoms with Crippen LogP contribution in [0.25, 0.3) is 0 Å². The maximum Gasteiger partial charge on any atom is 0.336 e. The van der Waals surface area contributed by atoms with Crippen LogP contribution in [0.3, 0.4) is 0 Å². The van der Waals surface area contributed by atoms with Crippen LogP contribution in [0, 0.1) is 0 Å². The molecule has 0 aliphatic carbocycles. The molecule has 3 amide bonds. The van der Waals surface area contributed by atoms with Gasteiger partial charge in [-0.05, 0) is 48.5 Å². The van der Waals surface area contributed by atoms with Crippen molar-refractivity contribution in [3.8, 4) is 0 Å². The quantitative estimate of drug-likeness (QED) is 0.442. The Morgan fingerprint density at radius 3 is 2.31 bits per heavy atom. The summed E-state index contributed by atoms with van der Waals surface area (Å²) in [6.45, 7) is -0.0520. The summed E-state index contributed by atoms with van der Waals surface area (Å²) >= 11 is 0. The molecule has 4 rings (SSSR count). The first-order valence-electron chi connectivity index (χ1n) is 10.4. The molecule has 35 heavy (non-hydrogen) atoms. The fraction of sp³-hybridized carbons (Fsp3) is 0.130. The number of nitrogens with one attached hydrogen (secondary N) is 3. The van der Waals surface area contributed by atoms with Crippen LogP contribution < -0.4 is 15.4 Å². The molecule has 0 spiro atoms. The minimum Gasteiger partial charge on any atom is -0.348 e. The van der Waals surface area contributed by atoms with E-state index in [0.717, 1.165) is 5.56 Å². The summed E-state index contributed by atoms with van der Waals surface area (Å²) in [7, 11) is -6.66. The number of amides is 3. The van der Waals surface area contributed by atoms with E-state index in [1.54, 1.807) is 0 Å². The van der Waals surface area contributed by atoms with Gasteiger partial charge < -0.3 is 10.6 Å². The molecule has 12 heteroatoms. The van der Waals surface area contributed by atoms with E-state index in [4.69, 9.17) is 0 Å². The van der Waals surface area contributed by atoms with Crippen LogP contribution in [0.2, 0.25) is 0 Å². The van der Waals surface area contributed by atoms with Crippen molar-refractivity contribution in [2.75, 3.05) is 12.4 Å². The number of carbonyl (C=O) groups excluding carboxylic acids is 2. The molecule has 0 radical (unpaired) electrons. The second-order valence-electron chi connectivity index (χ2n) is 7.67. The van der Waals surface area contributed by atoms with Crippen molar-refractivity contribution in [3.63, 3.8) is 0 Å². The normalized spacial score (nSPS) is 14.7.